The van der Waals surface area contributed by atoms with Gasteiger partial charge in [-0.1, -0.05) is 12.5 Å². The Balaban J connectivity index is 1.96. The van der Waals surface area contributed by atoms with Crippen molar-refractivity contribution in [2.45, 2.75) is 78.7 Å². The third-order valence-electron chi connectivity index (χ3n) is 8.32. The SMILES string of the molecule is CO[C@]1(C)CC[C@H]2C(=O)[C@@H](CC(C)=O)[C@H](/C=C/OC(=O)C=C(C)C)[C@@]3(C)CC[C@@H]1[C@@H]2C3. The Kier molecular flexibility index (Phi) is 6.95. The summed E-state index contributed by atoms with van der Waals surface area (Å²) < 4.78 is 11.3. The lowest BCUT2D eigenvalue weighted by Crippen LogP contribution is -2.52. The van der Waals surface area contributed by atoms with E-state index in [0.29, 0.717) is 5.92 Å². The minimum absolute atomic E-state index is 0.0103. The van der Waals surface area contributed by atoms with Gasteiger partial charge in [-0.2, -0.15) is 0 Å². The van der Waals surface area contributed by atoms with Gasteiger partial charge in [-0.15, -0.1) is 0 Å². The molecule has 0 aromatic heterocycles. The average molecular weight is 431 g/mol. The van der Waals surface area contributed by atoms with E-state index in [1.807, 2.05) is 19.9 Å². The molecule has 0 N–H and O–H groups in total. The Hall–Kier alpha value is -1.75. The third kappa shape index (κ3) is 4.72. The zero-order chi connectivity index (χ0) is 23.0. The van der Waals surface area contributed by atoms with E-state index in [1.165, 1.54) is 12.3 Å². The molecule has 0 heterocycles. The predicted octanol–water partition coefficient (Wildman–Crippen LogP) is 5.04. The Labute approximate surface area is 186 Å². The first-order chi connectivity index (χ1) is 14.5. The molecule has 5 heteroatoms. The number of hydrogen-bond acceptors (Lipinski definition) is 5. The lowest BCUT2D eigenvalue weighted by Gasteiger charge is -2.54. The number of hydrogen-bond donors (Lipinski definition) is 0. The fourth-order valence-corrected chi connectivity index (χ4v) is 6.72. The van der Waals surface area contributed by atoms with Gasteiger partial charge in [0.1, 0.15) is 11.6 Å². The summed E-state index contributed by atoms with van der Waals surface area (Å²) in [5.74, 6) is -0.00553. The standard InChI is InChI=1S/C26H38O5/c1-16(2)13-23(28)31-12-9-21-19(14-17(3)27)24(29)18-7-11-26(5,30-6)22-8-10-25(21,4)15-20(18)22/h9,12-13,18-22H,7-8,10-11,14-15H2,1-6H3/b12-9+/t18-,19+,20-,21+,22-,25+,26-/m1/s1. The van der Waals surface area contributed by atoms with Gasteiger partial charge < -0.3 is 14.3 Å². The quantitative estimate of drug-likeness (QED) is 0.335. The van der Waals surface area contributed by atoms with Crippen LogP contribution in [0.25, 0.3) is 0 Å². The molecule has 0 amide bonds. The molecule has 0 aliphatic heterocycles. The van der Waals surface area contributed by atoms with Crippen LogP contribution in [-0.4, -0.2) is 30.2 Å². The first kappa shape index (κ1) is 23.9. The van der Waals surface area contributed by atoms with E-state index in [-0.39, 0.29) is 52.7 Å². The smallest absolute Gasteiger partial charge is 0.335 e. The Morgan fingerprint density at radius 2 is 1.84 bits per heavy atom. The maximum atomic E-state index is 13.8. The highest BCUT2D eigenvalue weighted by Crippen LogP contribution is 2.61. The Bertz CT molecular complexity index is 792. The number of Topliss-reactive ketones (excluding diaryl/α,β-unsaturated/α-hetero) is 2. The molecule has 3 saturated carbocycles. The molecule has 5 nitrogen and oxygen atoms in total. The van der Waals surface area contributed by atoms with E-state index >= 15 is 0 Å². The van der Waals surface area contributed by atoms with Crippen LogP contribution in [0, 0.1) is 35.0 Å². The van der Waals surface area contributed by atoms with Crippen LogP contribution < -0.4 is 0 Å². The van der Waals surface area contributed by atoms with Gasteiger partial charge in [-0.3, -0.25) is 4.79 Å². The zero-order valence-electron chi connectivity index (χ0n) is 19.9. The molecule has 31 heavy (non-hydrogen) atoms. The van der Waals surface area contributed by atoms with Crippen molar-refractivity contribution < 1.29 is 23.9 Å². The van der Waals surface area contributed by atoms with Crippen molar-refractivity contribution in [2.24, 2.45) is 35.0 Å². The van der Waals surface area contributed by atoms with Crippen LogP contribution in [-0.2, 0) is 23.9 Å². The number of ether oxygens (including phenoxy) is 2. The third-order valence-corrected chi connectivity index (χ3v) is 8.32. The van der Waals surface area contributed by atoms with Crippen molar-refractivity contribution in [2.75, 3.05) is 7.11 Å². The summed E-state index contributed by atoms with van der Waals surface area (Å²) in [6, 6.07) is 0. The number of ketones is 2. The second-order valence-corrected chi connectivity index (χ2v) is 10.8. The van der Waals surface area contributed by atoms with Crippen LogP contribution in [0.1, 0.15) is 73.1 Å². The molecule has 3 rings (SSSR count). The number of methoxy groups -OCH3 is 1. The van der Waals surface area contributed by atoms with Crippen LogP contribution in [0.15, 0.2) is 24.0 Å². The van der Waals surface area contributed by atoms with Gasteiger partial charge in [0, 0.05) is 31.4 Å². The molecule has 7 atom stereocenters. The molecule has 3 fully saturated rings. The van der Waals surface area contributed by atoms with Crippen LogP contribution in [0.3, 0.4) is 0 Å². The Morgan fingerprint density at radius 3 is 2.45 bits per heavy atom. The molecule has 0 aromatic carbocycles. The van der Waals surface area contributed by atoms with Gasteiger partial charge in [0.15, 0.2) is 0 Å². The van der Waals surface area contributed by atoms with Gasteiger partial charge in [0.05, 0.1) is 11.9 Å². The van der Waals surface area contributed by atoms with Gasteiger partial charge >= 0.3 is 5.97 Å². The summed E-state index contributed by atoms with van der Waals surface area (Å²) in [5.41, 5.74) is 0.568. The zero-order valence-corrected chi connectivity index (χ0v) is 19.9. The van der Waals surface area contributed by atoms with Crippen molar-refractivity contribution in [3.8, 4) is 0 Å². The van der Waals surface area contributed by atoms with Gasteiger partial charge in [-0.25, -0.2) is 4.79 Å². The highest BCUT2D eigenvalue weighted by atomic mass is 16.5. The maximum Gasteiger partial charge on any atom is 0.335 e. The summed E-state index contributed by atoms with van der Waals surface area (Å²) >= 11 is 0. The topological polar surface area (TPSA) is 69.7 Å². The molecule has 0 unspecified atom stereocenters. The average Bonchev–Trinajstić information content (AvgIpc) is 2.74. The van der Waals surface area contributed by atoms with Crippen LogP contribution >= 0.6 is 0 Å². The number of esters is 1. The van der Waals surface area contributed by atoms with Crippen molar-refractivity contribution >= 4 is 17.5 Å². The minimum atomic E-state index is -0.419. The first-order valence-electron chi connectivity index (χ1n) is 11.6. The number of carbonyl (C=O) groups is 3. The molecule has 2 bridgehead atoms. The summed E-state index contributed by atoms with van der Waals surface area (Å²) in [4.78, 5) is 37.9. The molecular formula is C26H38O5. The summed E-state index contributed by atoms with van der Waals surface area (Å²) in [7, 11) is 1.79. The summed E-state index contributed by atoms with van der Waals surface area (Å²) in [5, 5.41) is 0. The molecule has 3 aliphatic rings. The first-order valence-corrected chi connectivity index (χ1v) is 11.6. The van der Waals surface area contributed by atoms with Crippen molar-refractivity contribution in [1.29, 1.82) is 0 Å². The van der Waals surface area contributed by atoms with Crippen molar-refractivity contribution in [1.82, 2.24) is 0 Å². The van der Waals surface area contributed by atoms with E-state index < -0.39 is 5.97 Å². The number of fused-ring (bicyclic) bond motifs is 1. The highest BCUT2D eigenvalue weighted by Gasteiger charge is 2.59. The van der Waals surface area contributed by atoms with Crippen LogP contribution in [0.5, 0.6) is 0 Å². The second-order valence-electron chi connectivity index (χ2n) is 10.8. The van der Waals surface area contributed by atoms with Crippen molar-refractivity contribution in [3.05, 3.63) is 24.0 Å². The number of rotatable bonds is 6. The normalized spacial score (nSPS) is 39.7. The van der Waals surface area contributed by atoms with Gasteiger partial charge in [-0.05, 0) is 89.0 Å². The lowest BCUT2D eigenvalue weighted by molar-refractivity contribution is -0.147. The highest BCUT2D eigenvalue weighted by molar-refractivity contribution is 5.89. The van der Waals surface area contributed by atoms with Crippen LogP contribution in [0.4, 0.5) is 0 Å². The van der Waals surface area contributed by atoms with E-state index in [1.54, 1.807) is 14.0 Å². The van der Waals surface area contributed by atoms with Crippen LogP contribution in [0.2, 0.25) is 0 Å². The van der Waals surface area contributed by atoms with Crippen molar-refractivity contribution in [3.63, 3.8) is 0 Å². The van der Waals surface area contributed by atoms with Gasteiger partial charge in [0.2, 0.25) is 0 Å². The lowest BCUT2D eigenvalue weighted by atomic mass is 9.54. The van der Waals surface area contributed by atoms with E-state index in [2.05, 4.69) is 13.8 Å². The molecule has 0 saturated heterocycles. The molecule has 3 aliphatic carbocycles. The molecule has 172 valence electrons. The fraction of sp³-hybridized carbons (Fsp3) is 0.731. The molecular weight excluding hydrogens is 392 g/mol. The molecule has 0 radical (unpaired) electrons. The largest absolute Gasteiger partial charge is 0.432 e. The minimum Gasteiger partial charge on any atom is -0.432 e. The maximum absolute atomic E-state index is 13.8. The number of carbonyl (C=O) groups excluding carboxylic acids is 3. The molecule has 0 aromatic rings. The fourth-order valence-electron chi connectivity index (χ4n) is 6.72. The number of allylic oxidation sites excluding steroid dienone is 2. The monoisotopic (exact) mass is 430 g/mol. The second kappa shape index (κ2) is 9.01. The van der Waals surface area contributed by atoms with Gasteiger partial charge in [0.25, 0.3) is 0 Å². The summed E-state index contributed by atoms with van der Waals surface area (Å²) in [6.45, 7) is 9.68. The summed E-state index contributed by atoms with van der Waals surface area (Å²) in [6.07, 6.45) is 9.66. The van der Waals surface area contributed by atoms with E-state index in [9.17, 15) is 14.4 Å². The Morgan fingerprint density at radius 1 is 1.13 bits per heavy atom. The van der Waals surface area contributed by atoms with E-state index in [4.69, 9.17) is 9.47 Å². The molecule has 0 spiro atoms. The predicted molar refractivity (Wildman–Crippen MR) is 119 cm³/mol. The van der Waals surface area contributed by atoms with E-state index in [0.717, 1.165) is 37.7 Å².